The van der Waals surface area contributed by atoms with E-state index >= 15 is 0 Å². The lowest BCUT2D eigenvalue weighted by atomic mass is 9.83. The van der Waals surface area contributed by atoms with Gasteiger partial charge in [0.1, 0.15) is 0 Å². The summed E-state index contributed by atoms with van der Waals surface area (Å²) in [7, 11) is 0. The van der Waals surface area contributed by atoms with E-state index in [9.17, 15) is 5.11 Å². The third-order valence-electron chi connectivity index (χ3n) is 4.95. The normalized spacial score (nSPS) is 13.0. The number of hydrogen-bond acceptors (Lipinski definition) is 2. The molecule has 3 aromatic rings. The Kier molecular flexibility index (Phi) is 5.30. The van der Waals surface area contributed by atoms with Crippen molar-refractivity contribution in [1.29, 1.82) is 0 Å². The first-order chi connectivity index (χ1) is 10.6. The highest BCUT2D eigenvalue weighted by molar-refractivity contribution is 6.07. The van der Waals surface area contributed by atoms with Crippen LogP contribution in [0.2, 0.25) is 0 Å². The first kappa shape index (κ1) is 17.7. The van der Waals surface area contributed by atoms with E-state index in [2.05, 4.69) is 42.5 Å². The van der Waals surface area contributed by atoms with Gasteiger partial charge < -0.3 is 10.8 Å². The molecule has 0 aliphatic rings. The number of fused-ring (bicyclic) bond motifs is 3. The summed E-state index contributed by atoms with van der Waals surface area (Å²) < 4.78 is 0. The van der Waals surface area contributed by atoms with Crippen molar-refractivity contribution in [3.63, 3.8) is 0 Å². The van der Waals surface area contributed by atoms with Crippen LogP contribution in [-0.4, -0.2) is 10.6 Å². The smallest absolute Gasteiger partial charge is 0.0969 e. The summed E-state index contributed by atoms with van der Waals surface area (Å²) in [4.78, 5) is 0. The Labute approximate surface area is 143 Å². The largest absolute Gasteiger partial charge is 0.386 e. The highest BCUT2D eigenvalue weighted by Crippen LogP contribution is 2.33. The summed E-state index contributed by atoms with van der Waals surface area (Å²) >= 11 is 0. The van der Waals surface area contributed by atoms with Gasteiger partial charge in [0.15, 0.2) is 0 Å². The van der Waals surface area contributed by atoms with Gasteiger partial charge in [-0.15, -0.1) is 12.4 Å². The highest BCUT2D eigenvalue weighted by atomic mass is 35.5. The van der Waals surface area contributed by atoms with Crippen molar-refractivity contribution in [2.45, 2.75) is 38.3 Å². The third kappa shape index (κ3) is 3.07. The molecule has 0 saturated carbocycles. The van der Waals surface area contributed by atoms with E-state index in [1.165, 1.54) is 21.5 Å². The zero-order valence-corrected chi connectivity index (χ0v) is 14.4. The molecule has 0 spiro atoms. The van der Waals surface area contributed by atoms with Gasteiger partial charge >= 0.3 is 0 Å². The van der Waals surface area contributed by atoms with E-state index < -0.39 is 11.6 Å². The standard InChI is InChI=1S/C20H23NO.ClH/c1-3-20(21,4-2)19(22)16-12-11-15-10-9-14-7-5-6-8-17(14)18(15)13-16;/h5-13,19,22H,3-4,21H2,1-2H3;1H. The lowest BCUT2D eigenvalue weighted by Gasteiger charge is -2.32. The maximum absolute atomic E-state index is 10.7. The first-order valence-electron chi connectivity index (χ1n) is 7.97. The quantitative estimate of drug-likeness (QED) is 0.664. The van der Waals surface area contributed by atoms with E-state index in [-0.39, 0.29) is 12.4 Å². The second-order valence-corrected chi connectivity index (χ2v) is 6.11. The molecular weight excluding hydrogens is 306 g/mol. The lowest BCUT2D eigenvalue weighted by Crippen LogP contribution is -2.44. The highest BCUT2D eigenvalue weighted by Gasteiger charge is 2.31. The van der Waals surface area contributed by atoms with Gasteiger partial charge in [0.25, 0.3) is 0 Å². The minimum atomic E-state index is -0.647. The van der Waals surface area contributed by atoms with E-state index in [1.807, 2.05) is 26.0 Å². The number of halogens is 1. The van der Waals surface area contributed by atoms with Crippen LogP contribution in [0.3, 0.4) is 0 Å². The minimum absolute atomic E-state index is 0. The van der Waals surface area contributed by atoms with Crippen LogP contribution in [0.4, 0.5) is 0 Å². The molecular formula is C20H24ClNO. The Morgan fingerprint density at radius 3 is 2.13 bits per heavy atom. The second kappa shape index (κ2) is 6.88. The Morgan fingerprint density at radius 1 is 0.913 bits per heavy atom. The minimum Gasteiger partial charge on any atom is -0.386 e. The van der Waals surface area contributed by atoms with Gasteiger partial charge in [0.05, 0.1) is 6.10 Å². The van der Waals surface area contributed by atoms with Gasteiger partial charge in [0.2, 0.25) is 0 Å². The van der Waals surface area contributed by atoms with Gasteiger partial charge in [-0.1, -0.05) is 62.4 Å². The monoisotopic (exact) mass is 329 g/mol. The summed E-state index contributed by atoms with van der Waals surface area (Å²) in [6, 6.07) is 18.8. The molecule has 1 atom stereocenters. The number of hydrogen-bond donors (Lipinski definition) is 2. The zero-order chi connectivity index (χ0) is 15.7. The molecule has 3 N–H and O–H groups in total. The molecule has 0 bridgehead atoms. The van der Waals surface area contributed by atoms with E-state index in [0.29, 0.717) is 0 Å². The van der Waals surface area contributed by atoms with Crippen LogP contribution in [0.15, 0.2) is 54.6 Å². The molecule has 1 unspecified atom stereocenters. The summed E-state index contributed by atoms with van der Waals surface area (Å²) in [5.41, 5.74) is 6.71. The first-order valence-corrected chi connectivity index (χ1v) is 7.97. The Balaban J connectivity index is 0.00000192. The molecule has 0 radical (unpaired) electrons. The van der Waals surface area contributed by atoms with E-state index in [1.54, 1.807) is 0 Å². The zero-order valence-electron chi connectivity index (χ0n) is 13.6. The Hall–Kier alpha value is -1.61. The molecule has 3 rings (SSSR count). The summed E-state index contributed by atoms with van der Waals surface area (Å²) in [6.45, 7) is 4.06. The maximum atomic E-state index is 10.7. The Bertz CT molecular complexity index is 811. The number of aliphatic hydroxyl groups excluding tert-OH is 1. The van der Waals surface area contributed by atoms with Crippen LogP contribution in [0.25, 0.3) is 21.5 Å². The van der Waals surface area contributed by atoms with Gasteiger partial charge in [-0.2, -0.15) is 0 Å². The average molecular weight is 330 g/mol. The van der Waals surface area contributed by atoms with E-state index in [0.717, 1.165) is 18.4 Å². The average Bonchev–Trinajstić information content (AvgIpc) is 2.59. The SMILES string of the molecule is CCC(N)(CC)C(O)c1ccc2ccc3ccccc3c2c1.Cl. The molecule has 122 valence electrons. The van der Waals surface area contributed by atoms with Crippen LogP contribution in [0.1, 0.15) is 38.4 Å². The summed E-state index contributed by atoms with van der Waals surface area (Å²) in [5.74, 6) is 0. The van der Waals surface area contributed by atoms with Crippen LogP contribution < -0.4 is 5.73 Å². The van der Waals surface area contributed by atoms with Crippen molar-refractivity contribution in [3.8, 4) is 0 Å². The lowest BCUT2D eigenvalue weighted by molar-refractivity contribution is 0.0781. The van der Waals surface area contributed by atoms with E-state index in [4.69, 9.17) is 5.73 Å². The Morgan fingerprint density at radius 2 is 1.48 bits per heavy atom. The van der Waals surface area contributed by atoms with Crippen LogP contribution >= 0.6 is 12.4 Å². The molecule has 0 aromatic heterocycles. The molecule has 2 nitrogen and oxygen atoms in total. The van der Waals surface area contributed by atoms with Crippen molar-refractivity contribution in [1.82, 2.24) is 0 Å². The van der Waals surface area contributed by atoms with Gasteiger partial charge in [-0.25, -0.2) is 0 Å². The predicted molar refractivity (Wildman–Crippen MR) is 101 cm³/mol. The van der Waals surface area contributed by atoms with Crippen molar-refractivity contribution >= 4 is 34.0 Å². The number of benzene rings is 3. The van der Waals surface area contributed by atoms with Gasteiger partial charge in [-0.3, -0.25) is 0 Å². The molecule has 3 aromatic carbocycles. The fourth-order valence-corrected chi connectivity index (χ4v) is 3.16. The molecule has 0 aliphatic heterocycles. The van der Waals surface area contributed by atoms with Gasteiger partial charge in [-0.05, 0) is 46.0 Å². The third-order valence-corrected chi connectivity index (χ3v) is 4.95. The summed E-state index contributed by atoms with van der Waals surface area (Å²) in [5, 5.41) is 15.5. The molecule has 0 aliphatic carbocycles. The van der Waals surface area contributed by atoms with Crippen molar-refractivity contribution < 1.29 is 5.11 Å². The molecule has 0 saturated heterocycles. The number of aliphatic hydroxyl groups is 1. The second-order valence-electron chi connectivity index (χ2n) is 6.11. The van der Waals surface area contributed by atoms with Crippen LogP contribution in [0, 0.1) is 0 Å². The molecule has 0 fully saturated rings. The van der Waals surface area contributed by atoms with Crippen LogP contribution in [0.5, 0.6) is 0 Å². The maximum Gasteiger partial charge on any atom is 0.0969 e. The van der Waals surface area contributed by atoms with Gasteiger partial charge in [0, 0.05) is 5.54 Å². The molecule has 0 heterocycles. The number of rotatable bonds is 4. The fraction of sp³-hybridized carbons (Fsp3) is 0.300. The van der Waals surface area contributed by atoms with Crippen molar-refractivity contribution in [2.24, 2.45) is 5.73 Å². The van der Waals surface area contributed by atoms with Crippen molar-refractivity contribution in [2.75, 3.05) is 0 Å². The predicted octanol–water partition coefficient (Wildman–Crippen LogP) is 4.97. The van der Waals surface area contributed by atoms with Crippen LogP contribution in [-0.2, 0) is 0 Å². The molecule has 23 heavy (non-hydrogen) atoms. The number of nitrogens with two attached hydrogens (primary N) is 1. The topological polar surface area (TPSA) is 46.2 Å². The molecule has 3 heteroatoms. The fourth-order valence-electron chi connectivity index (χ4n) is 3.16. The summed E-state index contributed by atoms with van der Waals surface area (Å²) in [6.07, 6.45) is 0.849. The molecule has 0 amide bonds. The van der Waals surface area contributed by atoms with Crippen molar-refractivity contribution in [3.05, 3.63) is 60.2 Å².